The molecule has 2 N–H and O–H groups in total. The van der Waals surface area contributed by atoms with Crippen LogP contribution in [-0.2, 0) is 0 Å². The molecular weight excluding hydrogens is 346 g/mol. The van der Waals surface area contributed by atoms with Gasteiger partial charge in [-0.3, -0.25) is 4.79 Å². The number of benzene rings is 1. The predicted molar refractivity (Wildman–Crippen MR) is 105 cm³/mol. The van der Waals surface area contributed by atoms with Gasteiger partial charge in [-0.2, -0.15) is 0 Å². The zero-order valence-electron chi connectivity index (χ0n) is 14.9. The second-order valence-corrected chi connectivity index (χ2v) is 7.26. The molecule has 2 aromatic heterocycles. The number of carbonyl (C=O) groups is 1. The lowest BCUT2D eigenvalue weighted by atomic mass is 10.00. The van der Waals surface area contributed by atoms with Crippen molar-refractivity contribution in [2.24, 2.45) is 5.92 Å². The van der Waals surface area contributed by atoms with Crippen LogP contribution in [-0.4, -0.2) is 33.2 Å². The van der Waals surface area contributed by atoms with Gasteiger partial charge in [-0.05, 0) is 18.1 Å². The number of rotatable bonds is 7. The number of nitrogens with zero attached hydrogens (tertiary/aromatic N) is 2. The van der Waals surface area contributed by atoms with Crippen molar-refractivity contribution in [3.8, 4) is 16.4 Å². The Hall–Kier alpha value is -2.44. The number of aliphatic hydroxyl groups is 1. The summed E-state index contributed by atoms with van der Waals surface area (Å²) in [5, 5.41) is 13.3. The van der Waals surface area contributed by atoms with E-state index in [1.807, 2.05) is 73.3 Å². The molecule has 5 nitrogen and oxygen atoms in total. The van der Waals surface area contributed by atoms with E-state index in [0.717, 1.165) is 17.1 Å². The van der Waals surface area contributed by atoms with Crippen LogP contribution in [0.4, 0.5) is 0 Å². The highest BCUT2D eigenvalue weighted by atomic mass is 32.1. The van der Waals surface area contributed by atoms with Gasteiger partial charge in [0.15, 0.2) is 5.13 Å². The third kappa shape index (κ3) is 3.86. The molecule has 1 amide bonds. The molecule has 2 unspecified atom stereocenters. The summed E-state index contributed by atoms with van der Waals surface area (Å²) in [5.74, 6) is 0.0000695. The maximum absolute atomic E-state index is 13.0. The largest absolute Gasteiger partial charge is 0.394 e. The Balaban J connectivity index is 1.98. The minimum Gasteiger partial charge on any atom is -0.394 e. The first kappa shape index (κ1) is 18.4. The summed E-state index contributed by atoms with van der Waals surface area (Å²) in [6, 6.07) is 13.3. The number of aliphatic hydroxyl groups excluding tert-OH is 1. The zero-order chi connectivity index (χ0) is 18.5. The molecule has 6 heteroatoms. The summed E-state index contributed by atoms with van der Waals surface area (Å²) in [7, 11) is 0. The fourth-order valence-corrected chi connectivity index (χ4v) is 3.67. The van der Waals surface area contributed by atoms with E-state index < -0.39 is 0 Å². The van der Waals surface area contributed by atoms with Gasteiger partial charge in [0.1, 0.15) is 4.88 Å². The number of hydrogen-bond donors (Lipinski definition) is 2. The van der Waals surface area contributed by atoms with Gasteiger partial charge in [0, 0.05) is 18.0 Å². The fraction of sp³-hybridized carbons (Fsp3) is 0.300. The van der Waals surface area contributed by atoms with E-state index in [-0.39, 0.29) is 24.5 Å². The first-order valence-corrected chi connectivity index (χ1v) is 9.57. The normalized spacial score (nSPS) is 13.3. The molecule has 1 aromatic carbocycles. The second kappa shape index (κ2) is 8.29. The van der Waals surface area contributed by atoms with Crippen LogP contribution in [0.5, 0.6) is 0 Å². The smallest absolute Gasteiger partial charge is 0.264 e. The summed E-state index contributed by atoms with van der Waals surface area (Å²) in [6.07, 6.45) is 4.70. The Morgan fingerprint density at radius 3 is 2.54 bits per heavy atom. The molecule has 0 saturated carbocycles. The van der Waals surface area contributed by atoms with Crippen molar-refractivity contribution in [1.82, 2.24) is 14.9 Å². The Morgan fingerprint density at radius 2 is 1.92 bits per heavy atom. The van der Waals surface area contributed by atoms with Crippen LogP contribution in [0.15, 0.2) is 54.9 Å². The second-order valence-electron chi connectivity index (χ2n) is 6.28. The topological polar surface area (TPSA) is 67.2 Å². The molecule has 0 bridgehead atoms. The highest BCUT2D eigenvalue weighted by Gasteiger charge is 2.24. The van der Waals surface area contributed by atoms with Crippen LogP contribution >= 0.6 is 11.3 Å². The lowest BCUT2D eigenvalue weighted by Crippen LogP contribution is -2.41. The van der Waals surface area contributed by atoms with Crippen LogP contribution < -0.4 is 5.32 Å². The number of aromatic nitrogens is 2. The quantitative estimate of drug-likeness (QED) is 0.667. The van der Waals surface area contributed by atoms with E-state index in [2.05, 4.69) is 5.32 Å². The molecule has 136 valence electrons. The van der Waals surface area contributed by atoms with E-state index in [1.165, 1.54) is 11.3 Å². The fourth-order valence-electron chi connectivity index (χ4n) is 2.71. The molecular formula is C20H23N3O2S. The average Bonchev–Trinajstić information content (AvgIpc) is 3.35. The molecule has 26 heavy (non-hydrogen) atoms. The molecule has 0 spiro atoms. The van der Waals surface area contributed by atoms with Crippen LogP contribution in [0.2, 0.25) is 0 Å². The molecule has 0 aliphatic rings. The van der Waals surface area contributed by atoms with Crippen LogP contribution in [0.3, 0.4) is 0 Å². The van der Waals surface area contributed by atoms with Gasteiger partial charge in [0.2, 0.25) is 0 Å². The van der Waals surface area contributed by atoms with E-state index in [9.17, 15) is 9.90 Å². The van der Waals surface area contributed by atoms with Crippen molar-refractivity contribution in [2.75, 3.05) is 6.61 Å². The molecule has 0 aliphatic heterocycles. The maximum atomic E-state index is 13.0. The lowest BCUT2D eigenvalue weighted by Gasteiger charge is -2.21. The zero-order valence-corrected chi connectivity index (χ0v) is 15.7. The van der Waals surface area contributed by atoms with Gasteiger partial charge in [-0.15, -0.1) is 0 Å². The van der Waals surface area contributed by atoms with Crippen LogP contribution in [0.1, 0.15) is 29.9 Å². The summed E-state index contributed by atoms with van der Waals surface area (Å²) in [4.78, 5) is 18.2. The Bertz CT molecular complexity index is 843. The number of thiazole rings is 1. The summed E-state index contributed by atoms with van der Waals surface area (Å²) >= 11 is 1.35. The van der Waals surface area contributed by atoms with E-state index in [0.29, 0.717) is 10.6 Å². The van der Waals surface area contributed by atoms with Crippen LogP contribution in [0.25, 0.3) is 16.4 Å². The van der Waals surface area contributed by atoms with Gasteiger partial charge in [0.25, 0.3) is 5.91 Å². The Labute approximate surface area is 157 Å². The minimum absolute atomic E-state index is 0.0787. The van der Waals surface area contributed by atoms with E-state index >= 15 is 0 Å². The summed E-state index contributed by atoms with van der Waals surface area (Å²) in [6.45, 7) is 3.99. The van der Waals surface area contributed by atoms with Gasteiger partial charge in [-0.25, -0.2) is 4.98 Å². The first-order valence-electron chi connectivity index (χ1n) is 8.75. The number of carbonyl (C=O) groups excluding carboxylic acids is 1. The monoisotopic (exact) mass is 369 g/mol. The molecule has 3 aromatic rings. The van der Waals surface area contributed by atoms with Gasteiger partial charge in [-0.1, -0.05) is 61.9 Å². The predicted octanol–water partition coefficient (Wildman–Crippen LogP) is 3.74. The average molecular weight is 369 g/mol. The van der Waals surface area contributed by atoms with Gasteiger partial charge < -0.3 is 15.0 Å². The third-order valence-corrected chi connectivity index (χ3v) is 5.61. The van der Waals surface area contributed by atoms with Crippen molar-refractivity contribution < 1.29 is 9.90 Å². The highest BCUT2D eigenvalue weighted by Crippen LogP contribution is 2.30. The van der Waals surface area contributed by atoms with E-state index in [1.54, 1.807) is 0 Å². The standard InChI is InChI=1S/C20H23N3O2S/c1-3-14(2)16(13-24)21-19(25)18-17(15-9-5-4-6-10-15)22-20(26-18)23-11-7-8-12-23/h4-12,14,16,24H,3,13H2,1-2H3,(H,21,25). The van der Waals surface area contributed by atoms with Crippen molar-refractivity contribution >= 4 is 17.2 Å². The first-order chi connectivity index (χ1) is 12.6. The summed E-state index contributed by atoms with van der Waals surface area (Å²) < 4.78 is 1.89. The molecule has 2 atom stereocenters. The SMILES string of the molecule is CCC(C)C(CO)NC(=O)c1sc(-n2cccc2)nc1-c1ccccc1. The molecule has 2 heterocycles. The third-order valence-electron chi connectivity index (χ3n) is 4.54. The van der Waals surface area contributed by atoms with Crippen molar-refractivity contribution in [3.63, 3.8) is 0 Å². The molecule has 0 saturated heterocycles. The Kier molecular flexibility index (Phi) is 5.85. The molecule has 3 rings (SSSR count). The Morgan fingerprint density at radius 1 is 1.23 bits per heavy atom. The summed E-state index contributed by atoms with van der Waals surface area (Å²) in [5.41, 5.74) is 1.56. The lowest BCUT2D eigenvalue weighted by molar-refractivity contribution is 0.0896. The number of hydrogen-bond acceptors (Lipinski definition) is 4. The number of nitrogens with one attached hydrogen (secondary N) is 1. The van der Waals surface area contributed by atoms with Gasteiger partial charge in [0.05, 0.1) is 18.3 Å². The maximum Gasteiger partial charge on any atom is 0.264 e. The van der Waals surface area contributed by atoms with Crippen molar-refractivity contribution in [2.45, 2.75) is 26.3 Å². The molecule has 0 fully saturated rings. The minimum atomic E-state index is -0.270. The molecule has 0 aliphatic carbocycles. The molecule has 0 radical (unpaired) electrons. The highest BCUT2D eigenvalue weighted by molar-refractivity contribution is 7.16. The van der Waals surface area contributed by atoms with Crippen LogP contribution in [0, 0.1) is 5.92 Å². The van der Waals surface area contributed by atoms with E-state index in [4.69, 9.17) is 4.98 Å². The van der Waals surface area contributed by atoms with Crippen molar-refractivity contribution in [3.05, 3.63) is 59.7 Å². The number of amides is 1. The van der Waals surface area contributed by atoms with Crippen molar-refractivity contribution in [1.29, 1.82) is 0 Å². The van der Waals surface area contributed by atoms with Gasteiger partial charge >= 0.3 is 0 Å².